The van der Waals surface area contributed by atoms with Crippen molar-refractivity contribution in [1.29, 1.82) is 0 Å². The molecule has 26 heavy (non-hydrogen) atoms. The lowest BCUT2D eigenvalue weighted by Gasteiger charge is -2.36. The van der Waals surface area contributed by atoms with Gasteiger partial charge in [-0.1, -0.05) is 18.2 Å². The second-order valence-corrected chi connectivity index (χ2v) is 6.24. The van der Waals surface area contributed by atoms with E-state index in [4.69, 9.17) is 5.11 Å². The Labute approximate surface area is 150 Å². The lowest BCUT2D eigenvalue weighted by Crippen LogP contribution is -2.47. The first-order valence-electron chi connectivity index (χ1n) is 8.58. The van der Waals surface area contributed by atoms with E-state index in [1.165, 1.54) is 0 Å². The van der Waals surface area contributed by atoms with Gasteiger partial charge >= 0.3 is 5.97 Å². The van der Waals surface area contributed by atoms with E-state index in [2.05, 4.69) is 24.8 Å². The topological polar surface area (TPSA) is 82.5 Å². The average molecular weight is 349 g/mol. The number of fused-ring (bicyclic) bond motifs is 1. The van der Waals surface area contributed by atoms with Gasteiger partial charge < -0.3 is 14.9 Å². The summed E-state index contributed by atoms with van der Waals surface area (Å²) in [6, 6.07) is 11.6. The molecule has 3 aromatic rings. The number of hydrogen-bond donors (Lipinski definition) is 1. The molecule has 4 rings (SSSR count). The smallest absolute Gasteiger partial charge is 0.309 e. The lowest BCUT2D eigenvalue weighted by atomic mass is 10.1. The van der Waals surface area contributed by atoms with Gasteiger partial charge in [-0.2, -0.15) is 0 Å². The summed E-state index contributed by atoms with van der Waals surface area (Å²) in [5.74, 6) is -0.122. The van der Waals surface area contributed by atoms with Crippen molar-refractivity contribution in [1.82, 2.24) is 15.0 Å². The van der Waals surface area contributed by atoms with Gasteiger partial charge in [0.05, 0.1) is 17.6 Å². The standard InChI is InChI=1S/C19H19N5O2/c25-18(26)13-14-12-17(15-4-1-2-5-16(15)22-14)23-8-10-24(11-9-23)19-20-6-3-7-21-19/h1-7,12H,8-11,13H2,(H,25,26). The van der Waals surface area contributed by atoms with Gasteiger partial charge in [-0.3, -0.25) is 9.78 Å². The Balaban J connectivity index is 1.61. The number of piperazine rings is 1. The van der Waals surface area contributed by atoms with Gasteiger partial charge in [0.2, 0.25) is 5.95 Å². The number of hydrogen-bond acceptors (Lipinski definition) is 6. The molecule has 2 aromatic heterocycles. The maximum atomic E-state index is 11.1. The fourth-order valence-corrected chi connectivity index (χ4v) is 3.32. The molecule has 1 aliphatic heterocycles. The number of nitrogens with zero attached hydrogens (tertiary/aromatic N) is 5. The van der Waals surface area contributed by atoms with Crippen LogP contribution in [0.4, 0.5) is 11.6 Å². The van der Waals surface area contributed by atoms with Crippen LogP contribution >= 0.6 is 0 Å². The van der Waals surface area contributed by atoms with E-state index in [0.717, 1.165) is 48.7 Å². The Hall–Kier alpha value is -3.22. The summed E-state index contributed by atoms with van der Waals surface area (Å²) in [7, 11) is 0. The maximum Gasteiger partial charge on any atom is 0.309 e. The molecule has 1 saturated heterocycles. The second-order valence-electron chi connectivity index (χ2n) is 6.24. The maximum absolute atomic E-state index is 11.1. The Kier molecular flexibility index (Phi) is 4.35. The van der Waals surface area contributed by atoms with Crippen LogP contribution in [0.2, 0.25) is 0 Å². The van der Waals surface area contributed by atoms with E-state index < -0.39 is 5.97 Å². The molecule has 1 fully saturated rings. The average Bonchev–Trinajstić information content (AvgIpc) is 2.68. The minimum absolute atomic E-state index is 0.0738. The van der Waals surface area contributed by atoms with Crippen molar-refractivity contribution < 1.29 is 9.90 Å². The van der Waals surface area contributed by atoms with Crippen molar-refractivity contribution in [2.45, 2.75) is 6.42 Å². The van der Waals surface area contributed by atoms with Crippen molar-refractivity contribution in [3.05, 3.63) is 54.5 Å². The summed E-state index contributed by atoms with van der Waals surface area (Å²) < 4.78 is 0. The molecule has 3 heterocycles. The van der Waals surface area contributed by atoms with Crippen molar-refractivity contribution in [3.8, 4) is 0 Å². The first-order valence-corrected chi connectivity index (χ1v) is 8.58. The summed E-state index contributed by atoms with van der Waals surface area (Å²) >= 11 is 0. The van der Waals surface area contributed by atoms with Gasteiger partial charge in [-0.05, 0) is 18.2 Å². The van der Waals surface area contributed by atoms with Gasteiger partial charge in [0.25, 0.3) is 0 Å². The second kappa shape index (κ2) is 6.95. The number of carbonyl (C=O) groups is 1. The molecular weight excluding hydrogens is 330 g/mol. The summed E-state index contributed by atoms with van der Waals surface area (Å²) in [6.45, 7) is 3.27. The lowest BCUT2D eigenvalue weighted by molar-refractivity contribution is -0.136. The predicted octanol–water partition coefficient (Wildman–Crippen LogP) is 1.98. The van der Waals surface area contributed by atoms with Crippen molar-refractivity contribution in [2.24, 2.45) is 0 Å². The van der Waals surface area contributed by atoms with E-state index in [0.29, 0.717) is 5.69 Å². The zero-order valence-electron chi connectivity index (χ0n) is 14.2. The van der Waals surface area contributed by atoms with Crippen LogP contribution in [0.15, 0.2) is 48.8 Å². The number of pyridine rings is 1. The molecule has 0 amide bonds. The van der Waals surface area contributed by atoms with Crippen LogP contribution in [0.25, 0.3) is 10.9 Å². The molecule has 1 N–H and O–H groups in total. The van der Waals surface area contributed by atoms with Crippen LogP contribution in [0, 0.1) is 0 Å². The minimum atomic E-state index is -0.871. The number of para-hydroxylation sites is 1. The summed E-state index contributed by atoms with van der Waals surface area (Å²) in [5, 5.41) is 10.2. The van der Waals surface area contributed by atoms with Crippen LogP contribution in [0.5, 0.6) is 0 Å². The molecule has 0 bridgehead atoms. The zero-order chi connectivity index (χ0) is 17.9. The molecule has 0 saturated carbocycles. The quantitative estimate of drug-likeness (QED) is 0.771. The van der Waals surface area contributed by atoms with Gasteiger partial charge in [0, 0.05) is 49.6 Å². The third-order valence-electron chi connectivity index (χ3n) is 4.54. The van der Waals surface area contributed by atoms with E-state index in [1.807, 2.05) is 36.4 Å². The fraction of sp³-hybridized carbons (Fsp3) is 0.263. The molecule has 1 aliphatic rings. The zero-order valence-corrected chi connectivity index (χ0v) is 14.2. The van der Waals surface area contributed by atoms with Crippen molar-refractivity contribution >= 4 is 28.5 Å². The summed E-state index contributed by atoms with van der Waals surface area (Å²) in [4.78, 5) is 28.7. The number of benzene rings is 1. The fourth-order valence-electron chi connectivity index (χ4n) is 3.32. The highest BCUT2D eigenvalue weighted by Gasteiger charge is 2.21. The van der Waals surface area contributed by atoms with Gasteiger partial charge in [-0.15, -0.1) is 0 Å². The Morgan fingerprint density at radius 3 is 2.42 bits per heavy atom. The van der Waals surface area contributed by atoms with Crippen molar-refractivity contribution in [2.75, 3.05) is 36.0 Å². The largest absolute Gasteiger partial charge is 0.481 e. The summed E-state index contributed by atoms with van der Waals surface area (Å²) in [5.41, 5.74) is 2.45. The Morgan fingerprint density at radius 1 is 1.00 bits per heavy atom. The monoisotopic (exact) mass is 349 g/mol. The highest BCUT2D eigenvalue weighted by Crippen LogP contribution is 2.28. The van der Waals surface area contributed by atoms with E-state index in [9.17, 15) is 4.79 Å². The number of aliphatic carboxylic acids is 1. The van der Waals surface area contributed by atoms with Crippen LogP contribution in [0.3, 0.4) is 0 Å². The van der Waals surface area contributed by atoms with Crippen molar-refractivity contribution in [3.63, 3.8) is 0 Å². The van der Waals surface area contributed by atoms with E-state index in [1.54, 1.807) is 12.4 Å². The van der Waals surface area contributed by atoms with Gasteiger partial charge in [0.1, 0.15) is 0 Å². The van der Waals surface area contributed by atoms with Crippen LogP contribution < -0.4 is 9.80 Å². The minimum Gasteiger partial charge on any atom is -0.481 e. The van der Waals surface area contributed by atoms with Crippen LogP contribution in [-0.4, -0.2) is 52.2 Å². The molecule has 0 radical (unpaired) electrons. The third kappa shape index (κ3) is 3.28. The SMILES string of the molecule is O=C(O)Cc1cc(N2CCN(c3ncccn3)CC2)c2ccccc2n1. The number of carboxylic acids is 1. The third-order valence-corrected chi connectivity index (χ3v) is 4.54. The molecule has 0 aliphatic carbocycles. The summed E-state index contributed by atoms with van der Waals surface area (Å²) in [6.07, 6.45) is 3.43. The predicted molar refractivity (Wildman–Crippen MR) is 99.5 cm³/mol. The molecule has 0 spiro atoms. The first-order chi connectivity index (χ1) is 12.7. The molecule has 1 aromatic carbocycles. The molecule has 132 valence electrons. The van der Waals surface area contributed by atoms with Gasteiger partial charge in [-0.25, -0.2) is 9.97 Å². The van der Waals surface area contributed by atoms with E-state index >= 15 is 0 Å². The number of anilines is 2. The van der Waals surface area contributed by atoms with E-state index in [-0.39, 0.29) is 6.42 Å². The molecule has 7 heteroatoms. The number of rotatable bonds is 4. The first kappa shape index (κ1) is 16.3. The normalized spacial score (nSPS) is 14.6. The Bertz CT molecular complexity index is 924. The molecule has 7 nitrogen and oxygen atoms in total. The molecular formula is C19H19N5O2. The number of carboxylic acid groups (broad SMARTS) is 1. The highest BCUT2D eigenvalue weighted by atomic mass is 16.4. The van der Waals surface area contributed by atoms with Crippen LogP contribution in [-0.2, 0) is 11.2 Å². The molecule has 0 unspecified atom stereocenters. The van der Waals surface area contributed by atoms with Gasteiger partial charge in [0.15, 0.2) is 0 Å². The number of aromatic nitrogens is 3. The van der Waals surface area contributed by atoms with Crippen LogP contribution in [0.1, 0.15) is 5.69 Å². The Morgan fingerprint density at radius 2 is 1.69 bits per heavy atom. The molecule has 0 atom stereocenters. The highest BCUT2D eigenvalue weighted by molar-refractivity contribution is 5.92.